The number of halogens is 5. The van der Waals surface area contributed by atoms with Crippen LogP contribution in [0.3, 0.4) is 0 Å². The van der Waals surface area contributed by atoms with E-state index in [4.69, 9.17) is 11.6 Å². The molecule has 0 spiro atoms. The van der Waals surface area contributed by atoms with Gasteiger partial charge < -0.3 is 0 Å². The van der Waals surface area contributed by atoms with E-state index in [1.165, 1.54) is 0 Å². The van der Waals surface area contributed by atoms with Gasteiger partial charge >= 0.3 is 0 Å². The normalized spacial score (nSPS) is 10.7. The predicted molar refractivity (Wildman–Crippen MR) is 41.5 cm³/mol. The predicted octanol–water partition coefficient (Wildman–Crippen LogP) is 3.28. The number of hydrogen-bond acceptors (Lipinski definition) is 1. The van der Waals surface area contributed by atoms with E-state index in [0.29, 0.717) is 12.1 Å². The molecule has 0 unspecified atom stereocenters. The monoisotopic (exact) mass is 226 g/mol. The van der Waals surface area contributed by atoms with Crippen LogP contribution >= 0.6 is 11.6 Å². The fourth-order valence-corrected chi connectivity index (χ4v) is 1.17. The summed E-state index contributed by atoms with van der Waals surface area (Å²) in [5, 5.41) is -1.45. The van der Waals surface area contributed by atoms with Crippen molar-refractivity contribution in [2.45, 2.75) is 6.43 Å². The van der Waals surface area contributed by atoms with Crippen LogP contribution in [0.15, 0.2) is 12.1 Å². The summed E-state index contributed by atoms with van der Waals surface area (Å²) in [5.41, 5.74) is -2.41. The van der Waals surface area contributed by atoms with Crippen LogP contribution in [0, 0.1) is 11.6 Å². The zero-order chi connectivity index (χ0) is 10.9. The second-order valence-corrected chi connectivity index (χ2v) is 2.74. The molecule has 0 N–H and O–H groups in total. The molecule has 0 saturated heterocycles. The van der Waals surface area contributed by atoms with Crippen LogP contribution in [-0.4, -0.2) is 5.24 Å². The molecule has 1 nitrogen and oxygen atoms in total. The summed E-state index contributed by atoms with van der Waals surface area (Å²) in [6.45, 7) is 0. The number of hydrogen-bond donors (Lipinski definition) is 0. The lowest BCUT2D eigenvalue weighted by Crippen LogP contribution is -2.05. The van der Waals surface area contributed by atoms with E-state index in [-0.39, 0.29) is 0 Å². The molecule has 0 fully saturated rings. The van der Waals surface area contributed by atoms with Crippen LogP contribution in [0.5, 0.6) is 0 Å². The molecule has 1 rings (SSSR count). The highest BCUT2D eigenvalue weighted by Crippen LogP contribution is 2.28. The maximum absolute atomic E-state index is 12.8. The smallest absolute Gasteiger partial charge is 0.267 e. The zero-order valence-corrected chi connectivity index (χ0v) is 7.29. The second kappa shape index (κ2) is 3.96. The van der Waals surface area contributed by atoms with E-state index >= 15 is 0 Å². The first-order chi connectivity index (χ1) is 6.45. The minimum absolute atomic E-state index is 0.514. The van der Waals surface area contributed by atoms with Crippen LogP contribution in [0.2, 0.25) is 0 Å². The largest absolute Gasteiger partial charge is 0.275 e. The highest BCUT2D eigenvalue weighted by molar-refractivity contribution is 6.68. The Morgan fingerprint density at radius 3 is 2.07 bits per heavy atom. The van der Waals surface area contributed by atoms with E-state index in [9.17, 15) is 22.4 Å². The van der Waals surface area contributed by atoms with Crippen molar-refractivity contribution in [3.05, 3.63) is 34.9 Å². The fraction of sp³-hybridized carbons (Fsp3) is 0.125. The lowest BCUT2D eigenvalue weighted by Gasteiger charge is -2.06. The molecule has 0 atom stereocenters. The number of carbonyl (C=O) groups excluding carboxylic acids is 1. The molecule has 0 aliphatic heterocycles. The van der Waals surface area contributed by atoms with Gasteiger partial charge in [-0.3, -0.25) is 4.79 Å². The molecule has 14 heavy (non-hydrogen) atoms. The molecule has 76 valence electrons. The Hall–Kier alpha value is -1.10. The van der Waals surface area contributed by atoms with Crippen LogP contribution < -0.4 is 0 Å². The first kappa shape index (κ1) is 11.0. The number of carbonyl (C=O) groups is 1. The van der Waals surface area contributed by atoms with Crippen LogP contribution in [0.25, 0.3) is 0 Å². The zero-order valence-electron chi connectivity index (χ0n) is 6.53. The summed E-state index contributed by atoms with van der Waals surface area (Å²) in [5.74, 6) is -2.62. The van der Waals surface area contributed by atoms with Crippen molar-refractivity contribution >= 4 is 16.8 Å². The summed E-state index contributed by atoms with van der Waals surface area (Å²) < 4.78 is 50.0. The molecule has 0 aromatic heterocycles. The molecule has 6 heteroatoms. The number of alkyl halides is 2. The average Bonchev–Trinajstić information content (AvgIpc) is 2.07. The standard InChI is InChI=1S/C8H3ClF4O/c9-7(14)5-3(10)1-2-4(11)6(5)8(12)13/h1-2,8H. The van der Waals surface area contributed by atoms with Crippen molar-refractivity contribution in [3.63, 3.8) is 0 Å². The van der Waals surface area contributed by atoms with Crippen LogP contribution in [0.4, 0.5) is 17.6 Å². The van der Waals surface area contributed by atoms with Gasteiger partial charge in [0.05, 0.1) is 11.1 Å². The summed E-state index contributed by atoms with van der Waals surface area (Å²) >= 11 is 4.85. The molecule has 0 aliphatic carbocycles. The third-order valence-electron chi connectivity index (χ3n) is 1.56. The van der Waals surface area contributed by atoms with Gasteiger partial charge in [0.25, 0.3) is 11.7 Å². The highest BCUT2D eigenvalue weighted by Gasteiger charge is 2.25. The van der Waals surface area contributed by atoms with Crippen molar-refractivity contribution in [1.82, 2.24) is 0 Å². The van der Waals surface area contributed by atoms with Gasteiger partial charge in [-0.2, -0.15) is 0 Å². The molecule has 0 radical (unpaired) electrons. The van der Waals surface area contributed by atoms with Crippen molar-refractivity contribution in [2.24, 2.45) is 0 Å². The molecule has 0 heterocycles. The van der Waals surface area contributed by atoms with E-state index in [0.717, 1.165) is 0 Å². The molecule has 1 aromatic carbocycles. The Labute approximate surface area is 81.3 Å². The van der Waals surface area contributed by atoms with Gasteiger partial charge in [-0.1, -0.05) is 0 Å². The average molecular weight is 227 g/mol. The Balaban J connectivity index is 3.50. The quantitative estimate of drug-likeness (QED) is 0.559. The summed E-state index contributed by atoms with van der Waals surface area (Å²) in [6.07, 6.45) is -3.29. The maximum atomic E-state index is 12.8. The first-order valence-corrected chi connectivity index (χ1v) is 3.78. The lowest BCUT2D eigenvalue weighted by molar-refractivity contribution is 0.105. The van der Waals surface area contributed by atoms with Gasteiger partial charge in [0.1, 0.15) is 11.6 Å². The number of benzene rings is 1. The second-order valence-electron chi connectivity index (χ2n) is 2.39. The maximum Gasteiger partial charge on any atom is 0.267 e. The molecule has 0 aliphatic rings. The van der Waals surface area contributed by atoms with Crippen LogP contribution in [0.1, 0.15) is 22.3 Å². The Bertz CT molecular complexity index is 378. The van der Waals surface area contributed by atoms with Crippen molar-refractivity contribution in [1.29, 1.82) is 0 Å². The van der Waals surface area contributed by atoms with E-state index in [2.05, 4.69) is 0 Å². The summed E-state index contributed by atoms with van der Waals surface area (Å²) in [7, 11) is 0. The minimum Gasteiger partial charge on any atom is -0.275 e. The minimum atomic E-state index is -3.29. The third kappa shape index (κ3) is 1.87. The van der Waals surface area contributed by atoms with E-state index in [1.54, 1.807) is 0 Å². The van der Waals surface area contributed by atoms with Crippen molar-refractivity contribution in [3.8, 4) is 0 Å². The van der Waals surface area contributed by atoms with E-state index < -0.39 is 34.4 Å². The van der Waals surface area contributed by atoms with Gasteiger partial charge in [0.15, 0.2) is 0 Å². The number of rotatable bonds is 2. The van der Waals surface area contributed by atoms with Crippen molar-refractivity contribution in [2.75, 3.05) is 0 Å². The molecular formula is C8H3ClF4O. The van der Waals surface area contributed by atoms with E-state index in [1.807, 2.05) is 0 Å². The topological polar surface area (TPSA) is 17.1 Å². The van der Waals surface area contributed by atoms with Gasteiger partial charge in [-0.15, -0.1) is 0 Å². The molecule has 1 aromatic rings. The highest BCUT2D eigenvalue weighted by atomic mass is 35.5. The SMILES string of the molecule is O=C(Cl)c1c(F)ccc(F)c1C(F)F. The Morgan fingerprint density at radius 1 is 1.21 bits per heavy atom. The Kier molecular flexibility index (Phi) is 3.10. The van der Waals surface area contributed by atoms with Gasteiger partial charge in [-0.25, -0.2) is 17.6 Å². The fourth-order valence-electron chi connectivity index (χ4n) is 0.981. The third-order valence-corrected chi connectivity index (χ3v) is 1.75. The molecule has 0 bridgehead atoms. The summed E-state index contributed by atoms with van der Waals surface area (Å²) in [6, 6.07) is 1.08. The van der Waals surface area contributed by atoms with Gasteiger partial charge in [0, 0.05) is 0 Å². The summed E-state index contributed by atoms with van der Waals surface area (Å²) in [4.78, 5) is 10.6. The molecule has 0 saturated carbocycles. The molecular weight excluding hydrogens is 224 g/mol. The first-order valence-electron chi connectivity index (χ1n) is 3.41. The molecule has 0 amide bonds. The van der Waals surface area contributed by atoms with Crippen molar-refractivity contribution < 1.29 is 22.4 Å². The van der Waals surface area contributed by atoms with Gasteiger partial charge in [-0.05, 0) is 23.7 Å². The lowest BCUT2D eigenvalue weighted by atomic mass is 10.1. The van der Waals surface area contributed by atoms with Crippen LogP contribution in [-0.2, 0) is 0 Å². The Morgan fingerprint density at radius 2 is 1.71 bits per heavy atom. The van der Waals surface area contributed by atoms with Gasteiger partial charge in [0.2, 0.25) is 0 Å².